The summed E-state index contributed by atoms with van der Waals surface area (Å²) in [6.07, 6.45) is 24.6. The van der Waals surface area contributed by atoms with Gasteiger partial charge in [-0.1, -0.05) is 80.1 Å². The summed E-state index contributed by atoms with van der Waals surface area (Å²) in [5.41, 5.74) is 8.13. The van der Waals surface area contributed by atoms with E-state index in [0.717, 1.165) is 35.5 Å². The lowest BCUT2D eigenvalue weighted by Gasteiger charge is -2.60. The zero-order chi connectivity index (χ0) is 32.4. The SMILES string of the molecule is C=C.C=O.CC.CC[C@H]1CC(C)(N)C(CCC2(C)CCCC2[C@H](C)CCOC)C2(C)CCCCC12.CSC1CCCC1. The maximum atomic E-state index is 8.00. The molecular weight excluding hydrogens is 534 g/mol. The van der Waals surface area contributed by atoms with Crippen LogP contribution in [0.1, 0.15) is 151 Å². The topological polar surface area (TPSA) is 52.3 Å². The van der Waals surface area contributed by atoms with Crippen LogP contribution < -0.4 is 5.73 Å². The number of methoxy groups -OCH3 is 1. The second kappa shape index (κ2) is 21.4. The molecule has 0 bridgehead atoms. The Balaban J connectivity index is 0.00000109. The molecule has 0 saturated heterocycles. The minimum atomic E-state index is 0.00932. The van der Waals surface area contributed by atoms with Crippen LogP contribution in [0.5, 0.6) is 0 Å². The van der Waals surface area contributed by atoms with E-state index in [-0.39, 0.29) is 5.54 Å². The van der Waals surface area contributed by atoms with E-state index in [4.69, 9.17) is 15.3 Å². The molecule has 4 aliphatic rings. The third-order valence-electron chi connectivity index (χ3n) is 12.0. The Morgan fingerprint density at radius 1 is 0.952 bits per heavy atom. The molecule has 2 N–H and O–H groups in total. The number of hydrogen-bond donors (Lipinski definition) is 1. The number of rotatable bonds is 9. The quantitative estimate of drug-likeness (QED) is 0.264. The molecule has 0 amide bonds. The Labute approximate surface area is 268 Å². The molecule has 0 spiro atoms. The van der Waals surface area contributed by atoms with Crippen LogP contribution in [0.2, 0.25) is 0 Å². The largest absolute Gasteiger partial charge is 0.385 e. The maximum Gasteiger partial charge on any atom is 0.106 e. The van der Waals surface area contributed by atoms with Gasteiger partial charge in [0.15, 0.2) is 0 Å². The zero-order valence-electron chi connectivity index (χ0n) is 29.9. The van der Waals surface area contributed by atoms with E-state index in [0.29, 0.717) is 16.7 Å². The first kappa shape index (κ1) is 41.7. The van der Waals surface area contributed by atoms with Crippen LogP contribution in [0.4, 0.5) is 0 Å². The van der Waals surface area contributed by atoms with Crippen molar-refractivity contribution in [2.24, 2.45) is 46.2 Å². The lowest BCUT2D eigenvalue weighted by molar-refractivity contribution is -0.0980. The molecular formula is C38H75NO2S. The van der Waals surface area contributed by atoms with E-state index < -0.39 is 0 Å². The van der Waals surface area contributed by atoms with Crippen molar-refractivity contribution in [3.8, 4) is 0 Å². The smallest absolute Gasteiger partial charge is 0.106 e. The van der Waals surface area contributed by atoms with E-state index in [1.54, 1.807) is 0 Å². The highest BCUT2D eigenvalue weighted by Gasteiger charge is 2.56. The Bertz CT molecular complexity index is 678. The van der Waals surface area contributed by atoms with Gasteiger partial charge in [-0.3, -0.25) is 0 Å². The summed E-state index contributed by atoms with van der Waals surface area (Å²) < 4.78 is 5.40. The van der Waals surface area contributed by atoms with Crippen LogP contribution in [0.3, 0.4) is 0 Å². The van der Waals surface area contributed by atoms with Crippen molar-refractivity contribution in [1.82, 2.24) is 0 Å². The van der Waals surface area contributed by atoms with Gasteiger partial charge in [0, 0.05) is 24.5 Å². The molecule has 0 aromatic heterocycles. The van der Waals surface area contributed by atoms with Gasteiger partial charge in [0.1, 0.15) is 6.79 Å². The van der Waals surface area contributed by atoms with E-state index in [1.165, 1.54) is 103 Å². The van der Waals surface area contributed by atoms with Crippen LogP contribution in [0, 0.1) is 40.4 Å². The number of ether oxygens (including phenoxy) is 1. The standard InChI is InChI=1S/C27H51NO.C6H12S.C2H6.C2H4.CH2O/c1-7-21-19-27(5,28)24(26(4)16-9-8-11-23(21)26)13-17-25(3)15-10-12-22(25)20(2)14-18-29-6;1-7-6-4-2-3-5-6;3*1-2/h20-24H,7-19,28H2,1-6H3;6H,2-5H2,1H3;1-2H3;1-2H2;1H2/t20-,21+,22?,23?,24?,25?,26?,27?;;;;/m1..../s1. The summed E-state index contributed by atoms with van der Waals surface area (Å²) in [5.74, 6) is 4.09. The lowest BCUT2D eigenvalue weighted by Crippen LogP contribution is -2.61. The van der Waals surface area contributed by atoms with Gasteiger partial charge in [0.05, 0.1) is 0 Å². The molecule has 4 aliphatic carbocycles. The average Bonchev–Trinajstić information content (AvgIpc) is 3.68. The highest BCUT2D eigenvalue weighted by Crippen LogP contribution is 2.61. The summed E-state index contributed by atoms with van der Waals surface area (Å²) >= 11 is 2.03. The molecule has 0 aromatic rings. The van der Waals surface area contributed by atoms with Crippen LogP contribution in [0.15, 0.2) is 13.2 Å². The average molecular weight is 610 g/mol. The fourth-order valence-corrected chi connectivity index (χ4v) is 10.7. The van der Waals surface area contributed by atoms with Crippen molar-refractivity contribution in [2.75, 3.05) is 20.0 Å². The fraction of sp³-hybridized carbons (Fsp3) is 0.921. The van der Waals surface area contributed by atoms with Crippen LogP contribution in [-0.2, 0) is 9.53 Å². The zero-order valence-corrected chi connectivity index (χ0v) is 30.7. The predicted molar refractivity (Wildman–Crippen MR) is 190 cm³/mol. The monoisotopic (exact) mass is 610 g/mol. The molecule has 0 aliphatic heterocycles. The number of thioether (sulfide) groups is 1. The lowest BCUT2D eigenvalue weighted by atomic mass is 9.46. The van der Waals surface area contributed by atoms with Crippen molar-refractivity contribution in [1.29, 1.82) is 0 Å². The Kier molecular flexibility index (Phi) is 21.3. The molecule has 0 heterocycles. The van der Waals surface area contributed by atoms with Crippen molar-refractivity contribution in [3.05, 3.63) is 13.2 Å². The molecule has 3 nitrogen and oxygen atoms in total. The number of nitrogens with two attached hydrogens (primary N) is 1. The number of hydrogen-bond acceptors (Lipinski definition) is 4. The summed E-state index contributed by atoms with van der Waals surface area (Å²) in [4.78, 5) is 8.00. The molecule has 0 radical (unpaired) electrons. The van der Waals surface area contributed by atoms with Gasteiger partial charge in [0.2, 0.25) is 0 Å². The molecule has 8 atom stereocenters. The Morgan fingerprint density at radius 3 is 2.07 bits per heavy atom. The Hall–Kier alpha value is -0.320. The number of carbonyl (C=O) groups excluding carboxylic acids is 1. The van der Waals surface area contributed by atoms with Gasteiger partial charge in [-0.25, -0.2) is 0 Å². The van der Waals surface area contributed by atoms with Gasteiger partial charge < -0.3 is 15.3 Å². The van der Waals surface area contributed by atoms with Crippen molar-refractivity contribution in [3.63, 3.8) is 0 Å². The molecule has 6 unspecified atom stereocenters. The van der Waals surface area contributed by atoms with Gasteiger partial charge in [-0.2, -0.15) is 11.8 Å². The normalized spacial score (nSPS) is 36.3. The second-order valence-electron chi connectivity index (χ2n) is 14.4. The molecule has 0 aromatic carbocycles. The van der Waals surface area contributed by atoms with Gasteiger partial charge in [-0.05, 0) is 118 Å². The first-order chi connectivity index (χ1) is 20.1. The molecule has 4 saturated carbocycles. The minimum Gasteiger partial charge on any atom is -0.385 e. The van der Waals surface area contributed by atoms with Crippen molar-refractivity contribution >= 4 is 18.6 Å². The summed E-state index contributed by atoms with van der Waals surface area (Å²) in [7, 11) is 1.84. The predicted octanol–water partition coefficient (Wildman–Crippen LogP) is 11.1. The van der Waals surface area contributed by atoms with Gasteiger partial charge >= 0.3 is 0 Å². The van der Waals surface area contributed by atoms with Gasteiger partial charge in [0.25, 0.3) is 0 Å². The molecule has 250 valence electrons. The molecule has 4 heteroatoms. The maximum absolute atomic E-state index is 8.00. The van der Waals surface area contributed by atoms with Crippen molar-refractivity contribution in [2.45, 2.75) is 162 Å². The van der Waals surface area contributed by atoms with Gasteiger partial charge in [-0.15, -0.1) is 13.2 Å². The highest BCUT2D eigenvalue weighted by molar-refractivity contribution is 7.99. The highest BCUT2D eigenvalue weighted by atomic mass is 32.2. The molecule has 42 heavy (non-hydrogen) atoms. The summed E-state index contributed by atoms with van der Waals surface area (Å²) in [6, 6.07) is 0. The molecule has 4 fully saturated rings. The van der Waals surface area contributed by atoms with E-state index in [1.807, 2.05) is 39.5 Å². The molecule has 4 rings (SSSR count). The van der Waals surface area contributed by atoms with Crippen LogP contribution in [-0.4, -0.2) is 37.6 Å². The third-order valence-corrected chi connectivity index (χ3v) is 13.1. The van der Waals surface area contributed by atoms with Crippen LogP contribution in [0.25, 0.3) is 0 Å². The second-order valence-corrected chi connectivity index (χ2v) is 15.5. The van der Waals surface area contributed by atoms with Crippen LogP contribution >= 0.6 is 11.8 Å². The number of fused-ring (bicyclic) bond motifs is 1. The summed E-state index contributed by atoms with van der Waals surface area (Å²) in [6.45, 7) is 25.5. The van der Waals surface area contributed by atoms with E-state index in [9.17, 15) is 0 Å². The van der Waals surface area contributed by atoms with Crippen molar-refractivity contribution < 1.29 is 9.53 Å². The fourth-order valence-electron chi connectivity index (χ4n) is 9.93. The first-order valence-corrected chi connectivity index (χ1v) is 19.0. The first-order valence-electron chi connectivity index (χ1n) is 17.7. The summed E-state index contributed by atoms with van der Waals surface area (Å²) in [5, 5.41) is 1.01. The Morgan fingerprint density at radius 2 is 1.55 bits per heavy atom. The number of carbonyl (C=O) groups is 1. The van der Waals surface area contributed by atoms with E-state index in [2.05, 4.69) is 54.0 Å². The third kappa shape index (κ3) is 11.2. The minimum absolute atomic E-state index is 0.00932. The van der Waals surface area contributed by atoms with E-state index >= 15 is 0 Å².